The topological polar surface area (TPSA) is 0 Å². The lowest BCUT2D eigenvalue weighted by Gasteiger charge is -2.43. The van der Waals surface area contributed by atoms with Gasteiger partial charge in [0.1, 0.15) is 0 Å². The first-order valence-corrected chi connectivity index (χ1v) is 4.60. The van der Waals surface area contributed by atoms with Gasteiger partial charge in [-0.2, -0.15) is 0 Å². The van der Waals surface area contributed by atoms with Crippen LogP contribution in [0.15, 0.2) is 0 Å². The van der Waals surface area contributed by atoms with Crippen LogP contribution in [0.1, 0.15) is 40.5 Å². The molecule has 72 valence electrons. The van der Waals surface area contributed by atoms with E-state index in [0.29, 0.717) is 5.92 Å². The van der Waals surface area contributed by atoms with Crippen LogP contribution in [0.2, 0.25) is 0 Å². The minimum Gasteiger partial charge on any atom is -0.207 e. The van der Waals surface area contributed by atoms with Gasteiger partial charge in [0.05, 0.1) is 0 Å². The minimum atomic E-state index is -2.36. The van der Waals surface area contributed by atoms with Crippen LogP contribution in [-0.2, 0) is 0 Å². The molecule has 0 aromatic heterocycles. The van der Waals surface area contributed by atoms with Gasteiger partial charge in [0, 0.05) is 12.8 Å². The number of halogens is 2. The van der Waals surface area contributed by atoms with Crippen molar-refractivity contribution in [3.8, 4) is 0 Å². The van der Waals surface area contributed by atoms with Gasteiger partial charge < -0.3 is 0 Å². The zero-order valence-electron chi connectivity index (χ0n) is 8.32. The highest BCUT2D eigenvalue weighted by atomic mass is 19.3. The molecule has 0 spiro atoms. The van der Waals surface area contributed by atoms with E-state index in [1.807, 2.05) is 0 Å². The first kappa shape index (κ1) is 9.94. The Morgan fingerprint density at radius 3 is 1.92 bits per heavy atom. The lowest BCUT2D eigenvalue weighted by molar-refractivity contribution is -0.135. The van der Waals surface area contributed by atoms with Crippen LogP contribution in [0.5, 0.6) is 0 Å². The molecule has 1 rings (SSSR count). The first-order chi connectivity index (χ1) is 5.22. The number of alkyl halides is 2. The van der Waals surface area contributed by atoms with Gasteiger partial charge in [-0.05, 0) is 17.3 Å². The Hall–Kier alpha value is -0.140. The van der Waals surface area contributed by atoms with Crippen LogP contribution < -0.4 is 0 Å². The van der Waals surface area contributed by atoms with Crippen molar-refractivity contribution in [2.24, 2.45) is 17.3 Å². The second-order valence-electron chi connectivity index (χ2n) is 5.18. The molecule has 0 radical (unpaired) electrons. The SMILES string of the molecule is C[C@@H](C1CC(F)(F)C1)C(C)(C)C. The van der Waals surface area contributed by atoms with Crippen LogP contribution in [0, 0.1) is 17.3 Å². The van der Waals surface area contributed by atoms with Crippen molar-refractivity contribution in [2.45, 2.75) is 46.5 Å². The van der Waals surface area contributed by atoms with Crippen LogP contribution in [0.25, 0.3) is 0 Å². The molecule has 1 saturated carbocycles. The van der Waals surface area contributed by atoms with Gasteiger partial charge in [-0.15, -0.1) is 0 Å². The fraction of sp³-hybridized carbons (Fsp3) is 1.00. The number of hydrogen-bond acceptors (Lipinski definition) is 0. The average molecular weight is 176 g/mol. The molecule has 0 amide bonds. The summed E-state index contributed by atoms with van der Waals surface area (Å²) in [4.78, 5) is 0. The monoisotopic (exact) mass is 176 g/mol. The van der Waals surface area contributed by atoms with Crippen molar-refractivity contribution < 1.29 is 8.78 Å². The molecule has 0 aromatic carbocycles. The molecule has 1 fully saturated rings. The Bertz CT molecular complexity index is 159. The van der Waals surface area contributed by atoms with Crippen LogP contribution >= 0.6 is 0 Å². The zero-order valence-corrected chi connectivity index (χ0v) is 8.32. The molecule has 0 saturated heterocycles. The fourth-order valence-electron chi connectivity index (χ4n) is 1.77. The van der Waals surface area contributed by atoms with Crippen LogP contribution in [0.4, 0.5) is 8.78 Å². The molecule has 12 heavy (non-hydrogen) atoms. The summed E-state index contributed by atoms with van der Waals surface area (Å²) >= 11 is 0. The van der Waals surface area contributed by atoms with Crippen molar-refractivity contribution in [2.75, 3.05) is 0 Å². The summed E-state index contributed by atoms with van der Waals surface area (Å²) in [6.07, 6.45) is 0.205. The highest BCUT2D eigenvalue weighted by Crippen LogP contribution is 2.50. The van der Waals surface area contributed by atoms with E-state index < -0.39 is 5.92 Å². The van der Waals surface area contributed by atoms with Crippen molar-refractivity contribution in [1.29, 1.82) is 0 Å². The molecular formula is C10H18F2. The van der Waals surface area contributed by atoms with Crippen molar-refractivity contribution in [1.82, 2.24) is 0 Å². The van der Waals surface area contributed by atoms with Gasteiger partial charge >= 0.3 is 0 Å². The fourth-order valence-corrected chi connectivity index (χ4v) is 1.77. The smallest absolute Gasteiger partial charge is 0.207 e. The molecular weight excluding hydrogens is 158 g/mol. The third kappa shape index (κ3) is 1.96. The largest absolute Gasteiger partial charge is 0.248 e. The molecule has 1 aliphatic carbocycles. The lowest BCUT2D eigenvalue weighted by Crippen LogP contribution is -2.42. The standard InChI is InChI=1S/C10H18F2/c1-7(9(2,3)4)8-5-10(11,12)6-8/h7-8H,5-6H2,1-4H3/t7-/m0/s1. The molecule has 0 aromatic rings. The lowest BCUT2D eigenvalue weighted by atomic mass is 9.65. The molecule has 2 heteroatoms. The third-order valence-electron chi connectivity index (χ3n) is 3.19. The Kier molecular flexibility index (Phi) is 2.22. The Morgan fingerprint density at radius 2 is 1.67 bits per heavy atom. The van der Waals surface area contributed by atoms with E-state index in [1.54, 1.807) is 0 Å². The Balaban J connectivity index is 2.43. The van der Waals surface area contributed by atoms with Crippen molar-refractivity contribution in [3.63, 3.8) is 0 Å². The van der Waals surface area contributed by atoms with E-state index in [-0.39, 0.29) is 24.2 Å². The van der Waals surface area contributed by atoms with E-state index >= 15 is 0 Å². The maximum atomic E-state index is 12.5. The summed E-state index contributed by atoms with van der Waals surface area (Å²) in [5.41, 5.74) is 0.168. The van der Waals surface area contributed by atoms with Gasteiger partial charge in [-0.25, -0.2) is 8.78 Å². The van der Waals surface area contributed by atoms with Gasteiger partial charge in [-0.1, -0.05) is 27.7 Å². The van der Waals surface area contributed by atoms with Crippen molar-refractivity contribution >= 4 is 0 Å². The van der Waals surface area contributed by atoms with Crippen LogP contribution in [0.3, 0.4) is 0 Å². The molecule has 0 nitrogen and oxygen atoms in total. The minimum absolute atomic E-state index is 0.103. The third-order valence-corrected chi connectivity index (χ3v) is 3.19. The van der Waals surface area contributed by atoms with Gasteiger partial charge in [-0.3, -0.25) is 0 Å². The molecule has 1 atom stereocenters. The molecule has 1 aliphatic rings. The van der Waals surface area contributed by atoms with E-state index in [1.165, 1.54) is 0 Å². The molecule has 0 heterocycles. The van der Waals surface area contributed by atoms with Gasteiger partial charge in [0.25, 0.3) is 0 Å². The zero-order chi connectivity index (χ0) is 9.57. The Labute approximate surface area is 73.3 Å². The predicted molar refractivity (Wildman–Crippen MR) is 46.3 cm³/mol. The van der Waals surface area contributed by atoms with Gasteiger partial charge in [0.2, 0.25) is 5.92 Å². The predicted octanol–water partition coefficient (Wildman–Crippen LogP) is 3.71. The molecule has 0 aliphatic heterocycles. The summed E-state index contributed by atoms with van der Waals surface area (Å²) in [6.45, 7) is 8.44. The Morgan fingerprint density at radius 1 is 1.25 bits per heavy atom. The van der Waals surface area contributed by atoms with Gasteiger partial charge in [0.15, 0.2) is 0 Å². The summed E-state index contributed by atoms with van der Waals surface area (Å²) in [5.74, 6) is -1.72. The van der Waals surface area contributed by atoms with E-state index in [4.69, 9.17) is 0 Å². The van der Waals surface area contributed by atoms with Crippen LogP contribution in [-0.4, -0.2) is 5.92 Å². The quantitative estimate of drug-likeness (QED) is 0.571. The normalized spacial score (nSPS) is 26.5. The second kappa shape index (κ2) is 2.68. The first-order valence-electron chi connectivity index (χ1n) is 4.60. The maximum Gasteiger partial charge on any atom is 0.248 e. The number of hydrogen-bond donors (Lipinski definition) is 0. The summed E-state index contributed by atoms with van der Waals surface area (Å²) < 4.78 is 25.1. The van der Waals surface area contributed by atoms with E-state index in [0.717, 1.165) is 0 Å². The summed E-state index contributed by atoms with van der Waals surface area (Å²) in [5, 5.41) is 0. The second-order valence-corrected chi connectivity index (χ2v) is 5.18. The summed E-state index contributed by atoms with van der Waals surface area (Å²) in [7, 11) is 0. The molecule has 0 bridgehead atoms. The maximum absolute atomic E-state index is 12.5. The van der Waals surface area contributed by atoms with E-state index in [9.17, 15) is 8.78 Å². The molecule has 0 N–H and O–H groups in total. The average Bonchev–Trinajstić information content (AvgIpc) is 1.78. The highest BCUT2D eigenvalue weighted by Gasteiger charge is 2.49. The summed E-state index contributed by atoms with van der Waals surface area (Å²) in [6, 6.07) is 0. The molecule has 0 unspecified atom stereocenters. The van der Waals surface area contributed by atoms with E-state index in [2.05, 4.69) is 27.7 Å². The van der Waals surface area contributed by atoms with Crippen molar-refractivity contribution in [3.05, 3.63) is 0 Å². The highest BCUT2D eigenvalue weighted by molar-refractivity contribution is 4.91. The number of rotatable bonds is 1.